The zero-order valence-electron chi connectivity index (χ0n) is 5.42. The van der Waals surface area contributed by atoms with E-state index in [1.54, 1.807) is 0 Å². The van der Waals surface area contributed by atoms with Crippen LogP contribution < -0.4 is 0 Å². The van der Waals surface area contributed by atoms with E-state index in [0.29, 0.717) is 0 Å². The summed E-state index contributed by atoms with van der Waals surface area (Å²) in [5.74, 6) is 0. The summed E-state index contributed by atoms with van der Waals surface area (Å²) in [6.45, 7) is 3.25. The van der Waals surface area contributed by atoms with Gasteiger partial charge in [-0.2, -0.15) is 13.2 Å². The van der Waals surface area contributed by atoms with Crippen LogP contribution in [0.25, 0.3) is 0 Å². The van der Waals surface area contributed by atoms with E-state index in [0.717, 1.165) is 0 Å². The molecule has 0 nitrogen and oxygen atoms in total. The van der Waals surface area contributed by atoms with Crippen LogP contribution in [0, 0.1) is 6.92 Å². The Bertz CT molecular complexity index is 86.2. The van der Waals surface area contributed by atoms with Gasteiger partial charge in [0.1, 0.15) is 6.17 Å². The predicted octanol–water partition coefficient (Wildman–Crippen LogP) is 2.89. The van der Waals surface area contributed by atoms with Crippen molar-refractivity contribution in [3.8, 4) is 0 Å². The van der Waals surface area contributed by atoms with E-state index < -0.39 is 18.8 Å². The van der Waals surface area contributed by atoms with Crippen LogP contribution in [-0.2, 0) is 0 Å². The Balaban J connectivity index is 3.47. The molecule has 0 fully saturated rings. The molecule has 0 unspecified atom stereocenters. The molecule has 0 saturated heterocycles. The summed E-state index contributed by atoms with van der Waals surface area (Å²) in [7, 11) is 0. The Labute approximate surface area is 57.2 Å². The lowest BCUT2D eigenvalue weighted by Gasteiger charge is -2.08. The van der Waals surface area contributed by atoms with Crippen LogP contribution in [0.2, 0.25) is 0 Å². The summed E-state index contributed by atoms with van der Waals surface area (Å²) in [5, 5.41) is 0. The standard InChI is InChI=1S/C6H9F4/c1-2-3-5(7)4-6(8,9)10/h5H,1-4H2/t5-/m0/s1. The SMILES string of the molecule is [CH2]CC[C@H](F)CC(F)(F)F. The van der Waals surface area contributed by atoms with Crippen molar-refractivity contribution < 1.29 is 17.6 Å². The molecule has 10 heavy (non-hydrogen) atoms. The van der Waals surface area contributed by atoms with Gasteiger partial charge in [-0.25, -0.2) is 4.39 Å². The Morgan fingerprint density at radius 1 is 1.30 bits per heavy atom. The van der Waals surface area contributed by atoms with Crippen LogP contribution in [0.4, 0.5) is 17.6 Å². The minimum atomic E-state index is -4.38. The summed E-state index contributed by atoms with van der Waals surface area (Å²) in [5.41, 5.74) is 0. The van der Waals surface area contributed by atoms with Gasteiger partial charge in [-0.1, -0.05) is 13.3 Å². The lowest BCUT2D eigenvalue weighted by molar-refractivity contribution is -0.146. The molecule has 4 heteroatoms. The van der Waals surface area contributed by atoms with Crippen LogP contribution in [0.3, 0.4) is 0 Å². The molecule has 0 aromatic carbocycles. The molecule has 0 aromatic rings. The fraction of sp³-hybridized carbons (Fsp3) is 0.833. The zero-order chi connectivity index (χ0) is 8.20. The summed E-state index contributed by atoms with van der Waals surface area (Å²) < 4.78 is 46.2. The number of halogens is 4. The molecular formula is C6H9F4. The molecule has 0 bridgehead atoms. The molecule has 0 amide bonds. The summed E-state index contributed by atoms with van der Waals surface area (Å²) in [6.07, 6.45) is -7.41. The highest BCUT2D eigenvalue weighted by Crippen LogP contribution is 2.24. The highest BCUT2D eigenvalue weighted by molar-refractivity contribution is 4.62. The molecule has 61 valence electrons. The van der Waals surface area contributed by atoms with Gasteiger partial charge in [-0.05, 0) is 6.42 Å². The third-order valence-corrected chi connectivity index (χ3v) is 0.970. The first-order valence-electron chi connectivity index (χ1n) is 2.96. The van der Waals surface area contributed by atoms with Crippen molar-refractivity contribution in [3.05, 3.63) is 6.92 Å². The number of alkyl halides is 4. The van der Waals surface area contributed by atoms with Crippen LogP contribution in [0.1, 0.15) is 19.3 Å². The van der Waals surface area contributed by atoms with Crippen molar-refractivity contribution >= 4 is 0 Å². The smallest absolute Gasteiger partial charge is 0.247 e. The first-order valence-corrected chi connectivity index (χ1v) is 2.96. The first kappa shape index (κ1) is 9.72. The molecule has 0 aliphatic heterocycles. The molecular weight excluding hydrogens is 148 g/mol. The normalized spacial score (nSPS) is 15.3. The molecule has 0 rings (SSSR count). The Hall–Kier alpha value is -0.280. The van der Waals surface area contributed by atoms with Gasteiger partial charge < -0.3 is 0 Å². The number of rotatable bonds is 3. The molecule has 0 spiro atoms. The Kier molecular flexibility index (Phi) is 3.68. The van der Waals surface area contributed by atoms with E-state index in [9.17, 15) is 17.6 Å². The van der Waals surface area contributed by atoms with Gasteiger partial charge in [0.15, 0.2) is 0 Å². The van der Waals surface area contributed by atoms with Gasteiger partial charge >= 0.3 is 6.18 Å². The van der Waals surface area contributed by atoms with Crippen molar-refractivity contribution in [1.82, 2.24) is 0 Å². The maximum absolute atomic E-state index is 12.1. The van der Waals surface area contributed by atoms with Crippen molar-refractivity contribution in [2.24, 2.45) is 0 Å². The van der Waals surface area contributed by atoms with E-state index in [4.69, 9.17) is 0 Å². The van der Waals surface area contributed by atoms with Crippen LogP contribution >= 0.6 is 0 Å². The number of hydrogen-bond donors (Lipinski definition) is 0. The van der Waals surface area contributed by atoms with Crippen molar-refractivity contribution in [2.75, 3.05) is 0 Å². The lowest BCUT2D eigenvalue weighted by atomic mass is 10.2. The van der Waals surface area contributed by atoms with Gasteiger partial charge in [-0.15, -0.1) is 0 Å². The van der Waals surface area contributed by atoms with Gasteiger partial charge in [0.25, 0.3) is 0 Å². The third kappa shape index (κ3) is 5.85. The fourth-order valence-electron chi connectivity index (χ4n) is 0.575. The fourth-order valence-corrected chi connectivity index (χ4v) is 0.575. The second-order valence-electron chi connectivity index (χ2n) is 2.06. The van der Waals surface area contributed by atoms with E-state index in [1.807, 2.05) is 0 Å². The third-order valence-electron chi connectivity index (χ3n) is 0.970. The molecule has 0 saturated carbocycles. The van der Waals surface area contributed by atoms with Crippen LogP contribution in [-0.4, -0.2) is 12.3 Å². The summed E-state index contributed by atoms with van der Waals surface area (Å²) in [4.78, 5) is 0. The van der Waals surface area contributed by atoms with Gasteiger partial charge in [0, 0.05) is 0 Å². The topological polar surface area (TPSA) is 0 Å². The monoisotopic (exact) mass is 157 g/mol. The summed E-state index contributed by atoms with van der Waals surface area (Å²) in [6, 6.07) is 0. The highest BCUT2D eigenvalue weighted by Gasteiger charge is 2.31. The second-order valence-corrected chi connectivity index (χ2v) is 2.06. The average molecular weight is 157 g/mol. The average Bonchev–Trinajstić information content (AvgIpc) is 1.59. The molecule has 0 N–H and O–H groups in total. The maximum atomic E-state index is 12.1. The Morgan fingerprint density at radius 3 is 2.10 bits per heavy atom. The molecule has 1 atom stereocenters. The predicted molar refractivity (Wildman–Crippen MR) is 30.2 cm³/mol. The van der Waals surface area contributed by atoms with Crippen molar-refractivity contribution in [2.45, 2.75) is 31.6 Å². The molecule has 0 heterocycles. The highest BCUT2D eigenvalue weighted by atomic mass is 19.4. The minimum absolute atomic E-state index is 0.112. The second kappa shape index (κ2) is 3.78. The van der Waals surface area contributed by atoms with Gasteiger partial charge in [0.05, 0.1) is 6.42 Å². The maximum Gasteiger partial charge on any atom is 0.391 e. The minimum Gasteiger partial charge on any atom is -0.247 e. The van der Waals surface area contributed by atoms with Crippen LogP contribution in [0.5, 0.6) is 0 Å². The van der Waals surface area contributed by atoms with Crippen molar-refractivity contribution in [3.63, 3.8) is 0 Å². The zero-order valence-corrected chi connectivity index (χ0v) is 5.42. The number of hydrogen-bond acceptors (Lipinski definition) is 0. The first-order chi connectivity index (χ1) is 4.45. The Morgan fingerprint density at radius 2 is 1.80 bits per heavy atom. The van der Waals surface area contributed by atoms with Crippen LogP contribution in [0.15, 0.2) is 0 Å². The van der Waals surface area contributed by atoms with E-state index in [1.165, 1.54) is 0 Å². The molecule has 0 aromatic heterocycles. The molecule has 0 aliphatic rings. The quantitative estimate of drug-likeness (QED) is 0.552. The largest absolute Gasteiger partial charge is 0.391 e. The lowest BCUT2D eigenvalue weighted by Crippen LogP contribution is -2.15. The van der Waals surface area contributed by atoms with Gasteiger partial charge in [0.2, 0.25) is 0 Å². The molecule has 1 radical (unpaired) electrons. The van der Waals surface area contributed by atoms with Crippen molar-refractivity contribution in [1.29, 1.82) is 0 Å². The van der Waals surface area contributed by atoms with E-state index >= 15 is 0 Å². The summed E-state index contributed by atoms with van der Waals surface area (Å²) >= 11 is 0. The molecule has 0 aliphatic carbocycles. The van der Waals surface area contributed by atoms with E-state index in [2.05, 4.69) is 6.92 Å². The van der Waals surface area contributed by atoms with E-state index in [-0.39, 0.29) is 12.8 Å². The van der Waals surface area contributed by atoms with Gasteiger partial charge in [-0.3, -0.25) is 0 Å².